The molecule has 1 aliphatic rings. The van der Waals surface area contributed by atoms with Crippen molar-refractivity contribution in [3.05, 3.63) is 57.5 Å². The molecule has 0 aliphatic carbocycles. The summed E-state index contributed by atoms with van der Waals surface area (Å²) in [5.74, 6) is -0.305. The lowest BCUT2D eigenvalue weighted by atomic mass is 10.1. The maximum Gasteiger partial charge on any atom is 0.331 e. The Bertz CT molecular complexity index is 1030. The molecular weight excluding hydrogens is 388 g/mol. The van der Waals surface area contributed by atoms with E-state index >= 15 is 0 Å². The van der Waals surface area contributed by atoms with Gasteiger partial charge in [-0.05, 0) is 31.5 Å². The van der Waals surface area contributed by atoms with E-state index in [0.29, 0.717) is 29.1 Å². The van der Waals surface area contributed by atoms with Crippen molar-refractivity contribution in [3.63, 3.8) is 0 Å². The Kier molecular flexibility index (Phi) is 6.26. The third-order valence-electron chi connectivity index (χ3n) is 5.38. The highest BCUT2D eigenvalue weighted by molar-refractivity contribution is 5.96. The van der Waals surface area contributed by atoms with Crippen molar-refractivity contribution in [2.75, 3.05) is 25.7 Å². The van der Waals surface area contributed by atoms with E-state index < -0.39 is 23.7 Å². The van der Waals surface area contributed by atoms with E-state index in [0.717, 1.165) is 0 Å². The molecule has 1 N–H and O–H groups in total. The van der Waals surface area contributed by atoms with Crippen LogP contribution in [0.2, 0.25) is 0 Å². The van der Waals surface area contributed by atoms with Gasteiger partial charge in [-0.3, -0.25) is 9.59 Å². The van der Waals surface area contributed by atoms with Crippen LogP contribution in [-0.4, -0.2) is 48.2 Å². The van der Waals surface area contributed by atoms with Crippen LogP contribution in [0.15, 0.2) is 35.1 Å². The minimum atomic E-state index is -1.33. The van der Waals surface area contributed by atoms with Crippen molar-refractivity contribution in [2.24, 2.45) is 0 Å². The lowest BCUT2D eigenvalue weighted by Crippen LogP contribution is -2.39. The number of aromatic nitrogens is 1. The van der Waals surface area contributed by atoms with Crippen molar-refractivity contribution >= 4 is 17.4 Å². The normalized spacial score (nSPS) is 17.6. The van der Waals surface area contributed by atoms with Gasteiger partial charge in [0.25, 0.3) is 5.56 Å². The second kappa shape index (κ2) is 8.71. The van der Waals surface area contributed by atoms with Gasteiger partial charge >= 0.3 is 5.97 Å². The molecule has 2 atom stereocenters. The zero-order valence-electron chi connectivity index (χ0n) is 17.5. The largest absolute Gasteiger partial charge is 0.497 e. The number of hydrogen-bond acceptors (Lipinski definition) is 7. The van der Waals surface area contributed by atoms with Gasteiger partial charge in [-0.15, -0.1) is 0 Å². The summed E-state index contributed by atoms with van der Waals surface area (Å²) >= 11 is 0. The average Bonchev–Trinajstić information content (AvgIpc) is 2.99. The zero-order chi connectivity index (χ0) is 22.0. The fourth-order valence-electron chi connectivity index (χ4n) is 3.80. The number of aliphatic hydroxyl groups is 1. The standard InChI is InChI=1S/C22H26N2O6/c1-5-14-11-16-18(20(26)19(23(16)3)22(28)30-6-2)21(27)24(14)12-17(25)13-8-7-9-15(10-13)29-4/h7-11,19-20,26H,5-6,12H2,1-4H3. The van der Waals surface area contributed by atoms with Crippen LogP contribution in [0.3, 0.4) is 0 Å². The van der Waals surface area contributed by atoms with Crippen molar-refractivity contribution in [1.82, 2.24) is 4.57 Å². The number of esters is 1. The Morgan fingerprint density at radius 1 is 1.20 bits per heavy atom. The molecule has 2 unspecified atom stereocenters. The molecule has 1 aromatic heterocycles. The Morgan fingerprint density at radius 2 is 1.93 bits per heavy atom. The molecule has 0 saturated carbocycles. The summed E-state index contributed by atoms with van der Waals surface area (Å²) in [5, 5.41) is 10.7. The highest BCUT2D eigenvalue weighted by Gasteiger charge is 2.44. The number of ether oxygens (including phenoxy) is 2. The van der Waals surface area contributed by atoms with Crippen LogP contribution in [0.25, 0.3) is 0 Å². The maximum atomic E-state index is 13.3. The van der Waals surface area contributed by atoms with E-state index in [1.165, 1.54) is 11.7 Å². The number of carbonyl (C=O) groups is 2. The van der Waals surface area contributed by atoms with Gasteiger partial charge in [0, 0.05) is 18.3 Å². The molecule has 0 bridgehead atoms. The summed E-state index contributed by atoms with van der Waals surface area (Å²) in [4.78, 5) is 40.0. The number of methoxy groups -OCH3 is 1. The van der Waals surface area contributed by atoms with Crippen molar-refractivity contribution < 1.29 is 24.2 Å². The number of aliphatic hydroxyl groups excluding tert-OH is 1. The average molecular weight is 414 g/mol. The van der Waals surface area contributed by atoms with E-state index in [9.17, 15) is 19.5 Å². The number of carbonyl (C=O) groups excluding carboxylic acids is 2. The molecule has 0 saturated heterocycles. The Morgan fingerprint density at radius 3 is 2.57 bits per heavy atom. The number of likely N-dealkylation sites (N-methyl/N-ethyl adjacent to an activating group) is 1. The number of ketones is 1. The molecule has 0 spiro atoms. The minimum absolute atomic E-state index is 0.103. The molecule has 8 nitrogen and oxygen atoms in total. The SMILES string of the molecule is CCOC(=O)C1C(O)c2c(cc(CC)n(CC(=O)c3cccc(OC)c3)c2=O)N1C. The van der Waals surface area contributed by atoms with Crippen LogP contribution in [-0.2, 0) is 22.5 Å². The quantitative estimate of drug-likeness (QED) is 0.544. The maximum absolute atomic E-state index is 13.3. The Labute approximate surface area is 174 Å². The fraction of sp³-hybridized carbons (Fsp3) is 0.409. The van der Waals surface area contributed by atoms with Gasteiger partial charge in [0.05, 0.1) is 31.5 Å². The summed E-state index contributed by atoms with van der Waals surface area (Å²) in [6.45, 7) is 3.55. The van der Waals surface area contributed by atoms with Gasteiger partial charge < -0.3 is 24.0 Å². The number of anilines is 1. The molecule has 0 fully saturated rings. The number of pyridine rings is 1. The second-order valence-electron chi connectivity index (χ2n) is 7.09. The molecule has 8 heteroatoms. The third-order valence-corrected chi connectivity index (χ3v) is 5.38. The van der Waals surface area contributed by atoms with E-state index in [1.54, 1.807) is 49.2 Å². The third kappa shape index (κ3) is 3.70. The van der Waals surface area contributed by atoms with Crippen molar-refractivity contribution in [1.29, 1.82) is 0 Å². The molecule has 2 aromatic rings. The lowest BCUT2D eigenvalue weighted by Gasteiger charge is -2.22. The highest BCUT2D eigenvalue weighted by Crippen LogP contribution is 2.37. The number of hydrogen-bond donors (Lipinski definition) is 1. The van der Waals surface area contributed by atoms with Gasteiger partial charge in [0.15, 0.2) is 11.8 Å². The Hall–Kier alpha value is -3.13. The van der Waals surface area contributed by atoms with Crippen molar-refractivity contribution in [3.8, 4) is 5.75 Å². The Balaban J connectivity index is 2.01. The van der Waals surface area contributed by atoms with Gasteiger partial charge in [-0.1, -0.05) is 19.1 Å². The van der Waals surface area contributed by atoms with E-state index in [-0.39, 0.29) is 24.5 Å². The molecular formula is C22H26N2O6. The number of fused-ring (bicyclic) bond motifs is 1. The molecule has 0 amide bonds. The summed E-state index contributed by atoms with van der Waals surface area (Å²) < 4.78 is 11.6. The first-order chi connectivity index (χ1) is 14.3. The van der Waals surface area contributed by atoms with Gasteiger partial charge in [-0.2, -0.15) is 0 Å². The van der Waals surface area contributed by atoms with E-state index in [2.05, 4.69) is 0 Å². The monoisotopic (exact) mass is 414 g/mol. The topological polar surface area (TPSA) is 98.1 Å². The van der Waals surface area contributed by atoms with E-state index in [4.69, 9.17) is 9.47 Å². The van der Waals surface area contributed by atoms with E-state index in [1.807, 2.05) is 6.92 Å². The van der Waals surface area contributed by atoms with Crippen LogP contribution in [0.5, 0.6) is 5.75 Å². The number of rotatable bonds is 7. The van der Waals surface area contributed by atoms with Crippen LogP contribution in [0.1, 0.15) is 41.6 Å². The smallest absolute Gasteiger partial charge is 0.331 e. The first-order valence-corrected chi connectivity index (χ1v) is 9.85. The molecule has 1 aliphatic heterocycles. The summed E-state index contributed by atoms with van der Waals surface area (Å²) in [6.07, 6.45) is -0.831. The predicted octanol–water partition coefficient (Wildman–Crippen LogP) is 1.72. The zero-order valence-corrected chi connectivity index (χ0v) is 17.5. The van der Waals surface area contributed by atoms with Crippen LogP contribution < -0.4 is 15.2 Å². The fourth-order valence-corrected chi connectivity index (χ4v) is 3.80. The van der Waals surface area contributed by atoms with Gasteiger partial charge in [0.1, 0.15) is 11.9 Å². The molecule has 2 heterocycles. The van der Waals surface area contributed by atoms with Crippen LogP contribution >= 0.6 is 0 Å². The molecule has 0 radical (unpaired) electrons. The molecule has 30 heavy (non-hydrogen) atoms. The lowest BCUT2D eigenvalue weighted by molar-refractivity contribution is -0.147. The molecule has 160 valence electrons. The minimum Gasteiger partial charge on any atom is -0.497 e. The van der Waals surface area contributed by atoms with Crippen molar-refractivity contribution in [2.45, 2.75) is 39.0 Å². The number of aryl methyl sites for hydroxylation is 1. The van der Waals surface area contributed by atoms with Crippen LogP contribution in [0.4, 0.5) is 5.69 Å². The number of nitrogens with zero attached hydrogens (tertiary/aromatic N) is 2. The first kappa shape index (κ1) is 21.6. The highest BCUT2D eigenvalue weighted by atomic mass is 16.5. The molecule has 1 aromatic carbocycles. The summed E-state index contributed by atoms with van der Waals surface area (Å²) in [7, 11) is 3.16. The number of benzene rings is 1. The predicted molar refractivity (Wildman–Crippen MR) is 111 cm³/mol. The first-order valence-electron chi connectivity index (χ1n) is 9.85. The summed E-state index contributed by atoms with van der Waals surface area (Å²) in [5.41, 5.74) is 1.16. The summed E-state index contributed by atoms with van der Waals surface area (Å²) in [6, 6.07) is 7.47. The van der Waals surface area contributed by atoms with Gasteiger partial charge in [-0.25, -0.2) is 4.79 Å². The van der Waals surface area contributed by atoms with Crippen LogP contribution in [0, 0.1) is 0 Å². The number of Topliss-reactive ketones (excluding diaryl/α,β-unsaturated/α-hetero) is 1. The molecule has 3 rings (SSSR count). The second-order valence-corrected chi connectivity index (χ2v) is 7.09. The van der Waals surface area contributed by atoms with Gasteiger partial charge in [0.2, 0.25) is 0 Å².